The van der Waals surface area contributed by atoms with E-state index in [0.717, 1.165) is 35.2 Å². The molecule has 7 heteroatoms. The first-order chi connectivity index (χ1) is 13.6. The molecule has 2 saturated heterocycles. The summed E-state index contributed by atoms with van der Waals surface area (Å²) in [6.07, 6.45) is 1.41. The number of fused-ring (bicyclic) bond motifs is 1. The number of imide groups is 1. The Labute approximate surface area is 161 Å². The number of nitrogens with zero attached hydrogens (tertiary/aromatic N) is 3. The Morgan fingerprint density at radius 2 is 1.75 bits per heavy atom. The fraction of sp³-hybridized carbons (Fsp3) is 0.238. The lowest BCUT2D eigenvalue weighted by molar-refractivity contribution is -0.124. The van der Waals surface area contributed by atoms with Crippen molar-refractivity contribution in [1.29, 1.82) is 0 Å². The highest BCUT2D eigenvalue weighted by Gasteiger charge is 2.49. The van der Waals surface area contributed by atoms with Gasteiger partial charge in [-0.05, 0) is 25.0 Å². The number of aromatic nitrogens is 2. The van der Waals surface area contributed by atoms with Gasteiger partial charge in [-0.25, -0.2) is 14.8 Å². The van der Waals surface area contributed by atoms with E-state index in [1.165, 1.54) is 0 Å². The van der Waals surface area contributed by atoms with E-state index in [0.29, 0.717) is 18.8 Å². The summed E-state index contributed by atoms with van der Waals surface area (Å²) in [6.45, 7) is 1.15. The van der Waals surface area contributed by atoms with Crippen LogP contribution in [0.1, 0.15) is 12.8 Å². The smallest absolute Gasteiger partial charge is 0.322 e. The predicted octanol–water partition coefficient (Wildman–Crippen LogP) is 2.48. The minimum atomic E-state index is -0.895. The Balaban J connectivity index is 1.62. The van der Waals surface area contributed by atoms with Crippen LogP contribution < -0.4 is 15.5 Å². The Hall–Kier alpha value is -3.48. The van der Waals surface area contributed by atoms with E-state index in [9.17, 15) is 9.59 Å². The average Bonchev–Trinajstić information content (AvgIpc) is 3.00. The number of carbonyl (C=O) groups excluding carboxylic acids is 2. The molecule has 28 heavy (non-hydrogen) atoms. The Kier molecular flexibility index (Phi) is 3.75. The lowest BCUT2D eigenvalue weighted by Gasteiger charge is -2.39. The number of amides is 3. The number of rotatable bonds is 2. The topological polar surface area (TPSA) is 87.2 Å². The van der Waals surface area contributed by atoms with Crippen molar-refractivity contribution >= 4 is 28.7 Å². The Bertz CT molecular complexity index is 1080. The number of hydrogen-bond acceptors (Lipinski definition) is 5. The second kappa shape index (κ2) is 6.30. The van der Waals surface area contributed by atoms with Crippen LogP contribution in [0.2, 0.25) is 0 Å². The van der Waals surface area contributed by atoms with Crippen molar-refractivity contribution in [3.8, 4) is 11.4 Å². The molecule has 1 atom stereocenters. The van der Waals surface area contributed by atoms with Gasteiger partial charge in [-0.2, -0.15) is 0 Å². The van der Waals surface area contributed by atoms with E-state index in [2.05, 4.69) is 15.5 Å². The van der Waals surface area contributed by atoms with Gasteiger partial charge in [0.05, 0.1) is 12.1 Å². The largest absolute Gasteiger partial charge is 0.353 e. The molecule has 5 rings (SSSR count). The summed E-state index contributed by atoms with van der Waals surface area (Å²) in [5.41, 5.74) is 0.896. The maximum absolute atomic E-state index is 12.4. The molecular formula is C21H19N5O2. The molecule has 2 N–H and O–H groups in total. The van der Waals surface area contributed by atoms with E-state index in [1.807, 2.05) is 54.6 Å². The van der Waals surface area contributed by atoms with Crippen molar-refractivity contribution in [3.05, 3.63) is 54.6 Å². The first-order valence-corrected chi connectivity index (χ1v) is 9.35. The molecule has 7 nitrogen and oxygen atoms in total. The van der Waals surface area contributed by atoms with E-state index in [4.69, 9.17) is 9.97 Å². The average molecular weight is 373 g/mol. The normalized spacial score (nSPS) is 21.8. The number of anilines is 1. The van der Waals surface area contributed by atoms with Gasteiger partial charge in [-0.3, -0.25) is 10.1 Å². The fourth-order valence-corrected chi connectivity index (χ4v) is 4.07. The molecule has 2 fully saturated rings. The van der Waals surface area contributed by atoms with Crippen LogP contribution in [0.15, 0.2) is 54.6 Å². The van der Waals surface area contributed by atoms with Crippen LogP contribution in [0.3, 0.4) is 0 Å². The zero-order valence-corrected chi connectivity index (χ0v) is 15.2. The summed E-state index contributed by atoms with van der Waals surface area (Å²) in [7, 11) is 0. The summed E-state index contributed by atoms with van der Waals surface area (Å²) in [5.74, 6) is 1.18. The van der Waals surface area contributed by atoms with Crippen LogP contribution in [0.5, 0.6) is 0 Å². The lowest BCUT2D eigenvalue weighted by Crippen LogP contribution is -2.58. The first kappa shape index (κ1) is 16.7. The van der Waals surface area contributed by atoms with Crippen molar-refractivity contribution in [2.45, 2.75) is 18.4 Å². The highest BCUT2D eigenvalue weighted by molar-refractivity contribution is 6.07. The number of hydrogen-bond donors (Lipinski definition) is 2. The predicted molar refractivity (Wildman–Crippen MR) is 106 cm³/mol. The molecule has 1 unspecified atom stereocenters. The third kappa shape index (κ3) is 2.67. The molecule has 0 radical (unpaired) electrons. The first-order valence-electron chi connectivity index (χ1n) is 9.35. The quantitative estimate of drug-likeness (QED) is 0.674. The van der Waals surface area contributed by atoms with Gasteiger partial charge in [-0.15, -0.1) is 0 Å². The summed E-state index contributed by atoms with van der Waals surface area (Å²) < 4.78 is 0. The van der Waals surface area contributed by atoms with Crippen molar-refractivity contribution < 1.29 is 9.59 Å². The maximum atomic E-state index is 12.4. The van der Waals surface area contributed by atoms with E-state index < -0.39 is 11.6 Å². The molecule has 140 valence electrons. The zero-order valence-electron chi connectivity index (χ0n) is 15.2. The fourth-order valence-electron chi connectivity index (χ4n) is 4.07. The molecule has 3 heterocycles. The molecule has 1 aromatic heterocycles. The Morgan fingerprint density at radius 1 is 0.964 bits per heavy atom. The SMILES string of the molecule is O=C1NC(=O)C2(CCCN(c3nc(-c4ccccc4)nc4ccccc34)C2)N1. The highest BCUT2D eigenvalue weighted by atomic mass is 16.2. The molecule has 2 aliphatic rings. The summed E-state index contributed by atoms with van der Waals surface area (Å²) in [4.78, 5) is 35.9. The molecule has 3 amide bonds. The molecular weight excluding hydrogens is 354 g/mol. The van der Waals surface area contributed by atoms with Gasteiger partial charge in [0.2, 0.25) is 0 Å². The van der Waals surface area contributed by atoms with Crippen LogP contribution >= 0.6 is 0 Å². The minimum Gasteiger partial charge on any atom is -0.353 e. The number of piperidine rings is 1. The van der Waals surface area contributed by atoms with Gasteiger partial charge >= 0.3 is 6.03 Å². The third-order valence-electron chi connectivity index (χ3n) is 5.42. The molecule has 0 saturated carbocycles. The van der Waals surface area contributed by atoms with Crippen molar-refractivity contribution in [1.82, 2.24) is 20.6 Å². The lowest BCUT2D eigenvalue weighted by atomic mass is 9.89. The van der Waals surface area contributed by atoms with Gasteiger partial charge in [0.1, 0.15) is 11.4 Å². The molecule has 2 aliphatic heterocycles. The number of nitrogens with one attached hydrogen (secondary N) is 2. The van der Waals surface area contributed by atoms with Crippen molar-refractivity contribution in [2.75, 3.05) is 18.0 Å². The van der Waals surface area contributed by atoms with Crippen LogP contribution in [-0.4, -0.2) is 40.5 Å². The van der Waals surface area contributed by atoms with Gasteiger partial charge < -0.3 is 10.2 Å². The molecule has 0 bridgehead atoms. The van der Waals surface area contributed by atoms with Crippen LogP contribution in [0.4, 0.5) is 10.6 Å². The van der Waals surface area contributed by atoms with Gasteiger partial charge in [0, 0.05) is 17.5 Å². The van der Waals surface area contributed by atoms with Gasteiger partial charge in [0.25, 0.3) is 5.91 Å². The third-order valence-corrected chi connectivity index (χ3v) is 5.42. The summed E-state index contributed by atoms with van der Waals surface area (Å²) in [6, 6.07) is 17.3. The number of carbonyl (C=O) groups is 2. The molecule has 1 spiro atoms. The van der Waals surface area contributed by atoms with Gasteiger partial charge in [-0.1, -0.05) is 42.5 Å². The van der Waals surface area contributed by atoms with E-state index in [1.54, 1.807) is 0 Å². The van der Waals surface area contributed by atoms with E-state index >= 15 is 0 Å². The monoisotopic (exact) mass is 373 g/mol. The maximum Gasteiger partial charge on any atom is 0.322 e. The van der Waals surface area contributed by atoms with Crippen LogP contribution in [-0.2, 0) is 4.79 Å². The molecule has 0 aliphatic carbocycles. The van der Waals surface area contributed by atoms with E-state index in [-0.39, 0.29) is 5.91 Å². The highest BCUT2D eigenvalue weighted by Crippen LogP contribution is 2.32. The summed E-state index contributed by atoms with van der Waals surface area (Å²) >= 11 is 0. The molecule has 3 aromatic rings. The minimum absolute atomic E-state index is 0.260. The van der Waals surface area contributed by atoms with Crippen LogP contribution in [0, 0.1) is 0 Å². The second-order valence-electron chi connectivity index (χ2n) is 7.27. The standard InChI is InChI=1S/C21H19N5O2/c27-19-21(25-20(28)24-19)11-6-12-26(13-21)18-15-9-4-5-10-16(15)22-17(23-18)14-7-2-1-3-8-14/h1-5,7-10H,6,11-13H2,(H2,24,25,27,28). The van der Waals surface area contributed by atoms with Crippen LogP contribution in [0.25, 0.3) is 22.3 Å². The van der Waals surface area contributed by atoms with Crippen molar-refractivity contribution in [3.63, 3.8) is 0 Å². The second-order valence-corrected chi connectivity index (χ2v) is 7.27. The number of para-hydroxylation sites is 1. The zero-order chi connectivity index (χ0) is 19.1. The van der Waals surface area contributed by atoms with Gasteiger partial charge in [0.15, 0.2) is 5.82 Å². The molecule has 2 aromatic carbocycles. The van der Waals surface area contributed by atoms with Crippen molar-refractivity contribution in [2.24, 2.45) is 0 Å². The number of urea groups is 1. The summed E-state index contributed by atoms with van der Waals surface area (Å²) in [5, 5.41) is 6.14. The Morgan fingerprint density at radius 3 is 2.54 bits per heavy atom. The number of benzene rings is 2.